The van der Waals surface area contributed by atoms with Gasteiger partial charge in [-0.05, 0) is 37.6 Å². The molecule has 0 bridgehead atoms. The van der Waals surface area contributed by atoms with Crippen LogP contribution in [0.25, 0.3) is 16.9 Å². The normalized spacial score (nSPS) is 12.1. The van der Waals surface area contributed by atoms with Crippen molar-refractivity contribution in [3.05, 3.63) is 30.6 Å². The fraction of sp³-hybridized carbons (Fsp3) is 0.353. The summed E-state index contributed by atoms with van der Waals surface area (Å²) in [6.07, 6.45) is 2.08. The van der Waals surface area contributed by atoms with Gasteiger partial charge in [0.25, 0.3) is 0 Å². The van der Waals surface area contributed by atoms with E-state index in [0.29, 0.717) is 29.2 Å². The molecule has 0 saturated heterocycles. The maximum absolute atomic E-state index is 12.1. The summed E-state index contributed by atoms with van der Waals surface area (Å²) in [6, 6.07) is 7.42. The van der Waals surface area contributed by atoms with Crippen LogP contribution in [0.4, 0.5) is 0 Å². The number of fused-ring (bicyclic) bond motifs is 1. The molecule has 0 spiro atoms. The van der Waals surface area contributed by atoms with Gasteiger partial charge in [0.1, 0.15) is 22.4 Å². The molecule has 0 fully saturated rings. The Hall–Kier alpha value is -2.68. The van der Waals surface area contributed by atoms with Gasteiger partial charge in [0, 0.05) is 0 Å². The Morgan fingerprint density at radius 2 is 2.00 bits per heavy atom. The summed E-state index contributed by atoms with van der Waals surface area (Å²) in [4.78, 5) is 20.6. The zero-order valence-corrected chi connectivity index (χ0v) is 15.6. The number of hydrogen-bond acceptors (Lipinski definition) is 8. The Morgan fingerprint density at radius 3 is 2.65 bits per heavy atom. The minimum Gasteiger partial charge on any atom is -0.497 e. The largest absolute Gasteiger partial charge is 0.497 e. The Morgan fingerprint density at radius 1 is 1.23 bits per heavy atom. The molecule has 0 radical (unpaired) electrons. The Labute approximate surface area is 154 Å². The van der Waals surface area contributed by atoms with Crippen LogP contribution in [0.15, 0.2) is 35.6 Å². The van der Waals surface area contributed by atoms with E-state index >= 15 is 0 Å². The SMILES string of the molecule is CCOC(=O)[C@H](CC)Sc1ncnc2c1nnn2-c1ccc(OC)cc1. The molecule has 0 amide bonds. The molecule has 0 aliphatic rings. The molecule has 2 heterocycles. The Kier molecular flexibility index (Phi) is 5.67. The summed E-state index contributed by atoms with van der Waals surface area (Å²) in [5, 5.41) is 8.66. The third-order valence-corrected chi connectivity index (χ3v) is 5.03. The number of carbonyl (C=O) groups excluding carboxylic acids is 1. The Bertz CT molecular complexity index is 897. The molecule has 8 nitrogen and oxygen atoms in total. The molecule has 2 aromatic heterocycles. The van der Waals surface area contributed by atoms with Crippen LogP contribution in [0.5, 0.6) is 5.75 Å². The molecular weight excluding hydrogens is 354 g/mol. The van der Waals surface area contributed by atoms with E-state index in [1.165, 1.54) is 18.1 Å². The van der Waals surface area contributed by atoms with Crippen LogP contribution in [0.1, 0.15) is 20.3 Å². The first-order chi connectivity index (χ1) is 12.7. The number of esters is 1. The topological polar surface area (TPSA) is 92.0 Å². The third-order valence-electron chi connectivity index (χ3n) is 3.70. The zero-order chi connectivity index (χ0) is 18.5. The average molecular weight is 373 g/mol. The smallest absolute Gasteiger partial charge is 0.319 e. The molecule has 1 atom stereocenters. The standard InChI is InChI=1S/C17H19N5O3S/c1-4-13(17(23)25-5-2)26-16-14-15(18-10-19-16)22(21-20-14)11-6-8-12(24-3)9-7-11/h6-10,13H,4-5H2,1-3H3/t13-/m0/s1. The number of ether oxygens (including phenoxy) is 2. The van der Waals surface area contributed by atoms with E-state index in [9.17, 15) is 4.79 Å². The highest BCUT2D eigenvalue weighted by atomic mass is 32.2. The number of benzene rings is 1. The lowest BCUT2D eigenvalue weighted by Crippen LogP contribution is -2.19. The molecule has 1 aromatic carbocycles. The summed E-state index contributed by atoms with van der Waals surface area (Å²) in [7, 11) is 1.62. The van der Waals surface area contributed by atoms with Crippen molar-refractivity contribution in [1.29, 1.82) is 0 Å². The van der Waals surface area contributed by atoms with Gasteiger partial charge in [0.05, 0.1) is 19.4 Å². The molecule has 0 unspecified atom stereocenters. The lowest BCUT2D eigenvalue weighted by atomic mass is 10.3. The summed E-state index contributed by atoms with van der Waals surface area (Å²) in [5.41, 5.74) is 1.93. The minimum absolute atomic E-state index is 0.255. The van der Waals surface area contributed by atoms with Crippen molar-refractivity contribution in [2.75, 3.05) is 13.7 Å². The summed E-state index contributed by atoms with van der Waals surface area (Å²) in [5.74, 6) is 0.499. The summed E-state index contributed by atoms with van der Waals surface area (Å²) in [6.45, 7) is 4.07. The van der Waals surface area contributed by atoms with Crippen molar-refractivity contribution < 1.29 is 14.3 Å². The first kappa shape index (κ1) is 18.1. The van der Waals surface area contributed by atoms with Gasteiger partial charge in [-0.1, -0.05) is 23.9 Å². The van der Waals surface area contributed by atoms with Crippen molar-refractivity contribution in [2.24, 2.45) is 0 Å². The van der Waals surface area contributed by atoms with Gasteiger partial charge >= 0.3 is 5.97 Å². The van der Waals surface area contributed by atoms with Gasteiger partial charge in [-0.2, -0.15) is 4.68 Å². The maximum atomic E-state index is 12.1. The average Bonchev–Trinajstić information content (AvgIpc) is 3.11. The van der Waals surface area contributed by atoms with Crippen molar-refractivity contribution in [3.63, 3.8) is 0 Å². The number of nitrogens with zero attached hydrogens (tertiary/aromatic N) is 5. The highest BCUT2D eigenvalue weighted by molar-refractivity contribution is 8.00. The van der Waals surface area contributed by atoms with E-state index in [1.54, 1.807) is 18.7 Å². The second-order valence-corrected chi connectivity index (χ2v) is 6.51. The van der Waals surface area contributed by atoms with Crippen LogP contribution in [0, 0.1) is 0 Å². The van der Waals surface area contributed by atoms with Gasteiger partial charge in [-0.3, -0.25) is 4.79 Å². The van der Waals surface area contributed by atoms with Crippen molar-refractivity contribution in [2.45, 2.75) is 30.5 Å². The lowest BCUT2D eigenvalue weighted by molar-refractivity contribution is -0.142. The number of aromatic nitrogens is 5. The Balaban J connectivity index is 1.94. The van der Waals surface area contributed by atoms with Crippen molar-refractivity contribution >= 4 is 28.9 Å². The molecule has 0 N–H and O–H groups in total. The fourth-order valence-electron chi connectivity index (χ4n) is 2.38. The quantitative estimate of drug-likeness (QED) is 0.355. The van der Waals surface area contributed by atoms with E-state index in [4.69, 9.17) is 9.47 Å². The number of rotatable bonds is 7. The van der Waals surface area contributed by atoms with Crippen LogP contribution in [-0.4, -0.2) is 49.9 Å². The third kappa shape index (κ3) is 3.62. The van der Waals surface area contributed by atoms with Crippen LogP contribution in [0.3, 0.4) is 0 Å². The molecule has 9 heteroatoms. The molecule has 3 rings (SSSR count). The minimum atomic E-state index is -0.348. The van der Waals surface area contributed by atoms with Crippen molar-refractivity contribution in [3.8, 4) is 11.4 Å². The molecule has 26 heavy (non-hydrogen) atoms. The predicted octanol–water partition coefficient (Wildman–Crippen LogP) is 2.65. The molecule has 136 valence electrons. The van der Waals surface area contributed by atoms with E-state index in [2.05, 4.69) is 20.3 Å². The van der Waals surface area contributed by atoms with Gasteiger partial charge < -0.3 is 9.47 Å². The highest BCUT2D eigenvalue weighted by Gasteiger charge is 2.23. The lowest BCUT2D eigenvalue weighted by Gasteiger charge is -2.12. The molecule has 0 aliphatic carbocycles. The zero-order valence-electron chi connectivity index (χ0n) is 14.7. The van der Waals surface area contributed by atoms with E-state index in [0.717, 1.165) is 11.4 Å². The maximum Gasteiger partial charge on any atom is 0.319 e. The number of hydrogen-bond donors (Lipinski definition) is 0. The predicted molar refractivity (Wildman–Crippen MR) is 97.6 cm³/mol. The molecule has 0 aliphatic heterocycles. The second kappa shape index (κ2) is 8.13. The van der Waals surface area contributed by atoms with Gasteiger partial charge in [-0.15, -0.1) is 5.10 Å². The summed E-state index contributed by atoms with van der Waals surface area (Å²) < 4.78 is 11.9. The van der Waals surface area contributed by atoms with E-state index in [-0.39, 0.29) is 11.2 Å². The van der Waals surface area contributed by atoms with Crippen LogP contribution in [0.2, 0.25) is 0 Å². The summed E-state index contributed by atoms with van der Waals surface area (Å²) >= 11 is 1.32. The van der Waals surface area contributed by atoms with Crippen LogP contribution in [-0.2, 0) is 9.53 Å². The highest BCUT2D eigenvalue weighted by Crippen LogP contribution is 2.29. The van der Waals surface area contributed by atoms with Crippen LogP contribution >= 0.6 is 11.8 Å². The monoisotopic (exact) mass is 373 g/mol. The first-order valence-corrected chi connectivity index (χ1v) is 9.10. The first-order valence-electron chi connectivity index (χ1n) is 8.22. The number of methoxy groups -OCH3 is 1. The van der Waals surface area contributed by atoms with Crippen LogP contribution < -0.4 is 4.74 Å². The van der Waals surface area contributed by atoms with E-state index < -0.39 is 0 Å². The molecule has 3 aromatic rings. The molecule has 0 saturated carbocycles. The van der Waals surface area contributed by atoms with Crippen molar-refractivity contribution in [1.82, 2.24) is 25.0 Å². The van der Waals surface area contributed by atoms with E-state index in [1.807, 2.05) is 31.2 Å². The number of carbonyl (C=O) groups is 1. The van der Waals surface area contributed by atoms with Gasteiger partial charge in [0.15, 0.2) is 11.2 Å². The fourth-order valence-corrected chi connectivity index (χ4v) is 3.33. The number of thioether (sulfide) groups is 1. The van der Waals surface area contributed by atoms with Gasteiger partial charge in [0.2, 0.25) is 0 Å². The second-order valence-electron chi connectivity index (χ2n) is 5.32. The molecular formula is C17H19N5O3S. The van der Waals surface area contributed by atoms with Gasteiger partial charge in [-0.25, -0.2) is 9.97 Å².